The van der Waals surface area contributed by atoms with Crippen LogP contribution in [-0.4, -0.2) is 27.4 Å². The largest absolute Gasteiger partial charge is 0.370 e. The van der Waals surface area contributed by atoms with E-state index in [2.05, 4.69) is 14.9 Å². The number of piperidine rings is 1. The maximum absolute atomic E-state index is 12.8. The third kappa shape index (κ3) is 5.15. The van der Waals surface area contributed by atoms with Gasteiger partial charge < -0.3 is 10.2 Å². The summed E-state index contributed by atoms with van der Waals surface area (Å²) in [4.78, 5) is 14.0. The predicted molar refractivity (Wildman–Crippen MR) is 110 cm³/mol. The molecule has 2 N–H and O–H groups in total. The summed E-state index contributed by atoms with van der Waals surface area (Å²) in [5.41, 5.74) is 1.33. The van der Waals surface area contributed by atoms with Gasteiger partial charge in [0, 0.05) is 29.9 Å². The van der Waals surface area contributed by atoms with E-state index in [1.165, 1.54) is 13.3 Å². The normalized spacial score (nSPS) is 14.8. The Kier molecular flexibility index (Phi) is 6.29. The summed E-state index contributed by atoms with van der Waals surface area (Å²) in [7, 11) is -3.74. The van der Waals surface area contributed by atoms with Gasteiger partial charge in [0.05, 0.1) is 17.9 Å². The molecule has 0 spiro atoms. The van der Waals surface area contributed by atoms with Crippen molar-refractivity contribution in [3.63, 3.8) is 0 Å². The van der Waals surface area contributed by atoms with Crippen LogP contribution < -0.4 is 14.9 Å². The summed E-state index contributed by atoms with van der Waals surface area (Å²) >= 11 is 7.25. The van der Waals surface area contributed by atoms with Crippen molar-refractivity contribution in [2.75, 3.05) is 22.7 Å². The standard InChI is InChI=1S/C18H22ClN3O3S2/c1-13(23)20-12-15-6-8-18(26-15)27(24,25)21-16-11-14(19)5-7-17(16)22-9-3-2-4-10-22/h5-8,11,21H,2-4,9-10,12H2,1H3,(H,20,23). The number of nitrogens with one attached hydrogen (secondary N) is 2. The smallest absolute Gasteiger partial charge is 0.271 e. The number of halogens is 1. The van der Waals surface area contributed by atoms with E-state index in [9.17, 15) is 13.2 Å². The molecule has 3 rings (SSSR count). The molecule has 0 aliphatic carbocycles. The quantitative estimate of drug-likeness (QED) is 0.734. The Morgan fingerprint density at radius 2 is 1.93 bits per heavy atom. The highest BCUT2D eigenvalue weighted by atomic mass is 35.5. The Labute approximate surface area is 168 Å². The molecule has 1 aliphatic heterocycles. The molecule has 1 aromatic carbocycles. The van der Waals surface area contributed by atoms with Crippen LogP contribution in [0.3, 0.4) is 0 Å². The van der Waals surface area contributed by atoms with Crippen LogP contribution in [0.4, 0.5) is 11.4 Å². The molecule has 1 saturated heterocycles. The molecule has 0 atom stereocenters. The van der Waals surface area contributed by atoms with Crippen LogP contribution in [0.1, 0.15) is 31.1 Å². The Morgan fingerprint density at radius 1 is 1.19 bits per heavy atom. The van der Waals surface area contributed by atoms with Crippen LogP contribution in [0.5, 0.6) is 0 Å². The van der Waals surface area contributed by atoms with E-state index in [0.717, 1.165) is 47.8 Å². The van der Waals surface area contributed by atoms with Gasteiger partial charge in [-0.1, -0.05) is 11.6 Å². The molecular weight excluding hydrogens is 406 g/mol. The monoisotopic (exact) mass is 427 g/mol. The van der Waals surface area contributed by atoms with Crippen LogP contribution in [0.15, 0.2) is 34.5 Å². The molecule has 2 aromatic rings. The van der Waals surface area contributed by atoms with E-state index < -0.39 is 10.0 Å². The second-order valence-electron chi connectivity index (χ2n) is 6.45. The summed E-state index contributed by atoms with van der Waals surface area (Å²) in [5.74, 6) is -0.156. The SMILES string of the molecule is CC(=O)NCc1ccc(S(=O)(=O)Nc2cc(Cl)ccc2N2CCCCC2)s1. The van der Waals surface area contributed by atoms with E-state index in [0.29, 0.717) is 17.3 Å². The zero-order valence-electron chi connectivity index (χ0n) is 15.0. The third-order valence-corrected chi connectivity index (χ3v) is 7.49. The highest BCUT2D eigenvalue weighted by molar-refractivity contribution is 7.94. The lowest BCUT2D eigenvalue weighted by Gasteiger charge is -2.30. The van der Waals surface area contributed by atoms with Crippen molar-refractivity contribution in [3.05, 3.63) is 40.2 Å². The zero-order chi connectivity index (χ0) is 19.4. The number of hydrogen-bond donors (Lipinski definition) is 2. The molecule has 0 radical (unpaired) electrons. The molecule has 0 unspecified atom stereocenters. The van der Waals surface area contributed by atoms with Crippen molar-refractivity contribution in [3.8, 4) is 0 Å². The fourth-order valence-corrected chi connectivity index (χ4v) is 5.54. The lowest BCUT2D eigenvalue weighted by atomic mass is 10.1. The highest BCUT2D eigenvalue weighted by Crippen LogP contribution is 2.33. The predicted octanol–water partition coefficient (Wildman–Crippen LogP) is 3.83. The number of benzene rings is 1. The van der Waals surface area contributed by atoms with Crippen molar-refractivity contribution in [2.24, 2.45) is 0 Å². The molecule has 1 aromatic heterocycles. The van der Waals surface area contributed by atoms with Gasteiger partial charge in [0.1, 0.15) is 4.21 Å². The zero-order valence-corrected chi connectivity index (χ0v) is 17.4. The Bertz CT molecular complexity index is 922. The van der Waals surface area contributed by atoms with Gasteiger partial charge in [-0.2, -0.15) is 0 Å². The molecule has 2 heterocycles. The number of hydrogen-bond acceptors (Lipinski definition) is 5. The van der Waals surface area contributed by atoms with E-state index in [1.54, 1.807) is 24.3 Å². The van der Waals surface area contributed by atoms with E-state index in [-0.39, 0.29) is 10.1 Å². The first kappa shape index (κ1) is 20.0. The Hall–Kier alpha value is -1.77. The van der Waals surface area contributed by atoms with Gasteiger partial charge in [-0.15, -0.1) is 11.3 Å². The van der Waals surface area contributed by atoms with Gasteiger partial charge in [-0.05, 0) is 49.6 Å². The molecular formula is C18H22ClN3O3S2. The summed E-state index contributed by atoms with van der Waals surface area (Å²) in [6.07, 6.45) is 3.37. The lowest BCUT2D eigenvalue weighted by molar-refractivity contribution is -0.119. The van der Waals surface area contributed by atoms with Crippen LogP contribution in [0.25, 0.3) is 0 Å². The minimum Gasteiger partial charge on any atom is -0.370 e. The molecule has 6 nitrogen and oxygen atoms in total. The molecule has 1 fully saturated rings. The van der Waals surface area contributed by atoms with Crippen LogP contribution in [0, 0.1) is 0 Å². The summed E-state index contributed by atoms with van der Waals surface area (Å²) < 4.78 is 28.6. The Morgan fingerprint density at radius 3 is 2.63 bits per heavy atom. The molecule has 1 aliphatic rings. The van der Waals surface area contributed by atoms with Crippen LogP contribution >= 0.6 is 22.9 Å². The summed E-state index contributed by atoms with van der Waals surface area (Å²) in [6.45, 7) is 3.53. The first-order valence-electron chi connectivity index (χ1n) is 8.75. The minimum atomic E-state index is -3.74. The molecule has 146 valence electrons. The topological polar surface area (TPSA) is 78.5 Å². The molecule has 27 heavy (non-hydrogen) atoms. The van der Waals surface area contributed by atoms with Crippen LogP contribution in [0.2, 0.25) is 5.02 Å². The summed E-state index contributed by atoms with van der Waals surface area (Å²) in [5, 5.41) is 3.15. The molecule has 0 saturated carbocycles. The fourth-order valence-electron chi connectivity index (χ4n) is 3.00. The first-order chi connectivity index (χ1) is 12.8. The van der Waals surface area contributed by atoms with E-state index in [1.807, 2.05) is 6.07 Å². The van der Waals surface area contributed by atoms with E-state index in [4.69, 9.17) is 11.6 Å². The second-order valence-corrected chi connectivity index (χ2v) is 9.96. The number of carbonyl (C=O) groups is 1. The van der Waals surface area contributed by atoms with Crippen molar-refractivity contribution < 1.29 is 13.2 Å². The van der Waals surface area contributed by atoms with Gasteiger partial charge in [-0.25, -0.2) is 8.42 Å². The molecule has 9 heteroatoms. The number of anilines is 2. The number of rotatable bonds is 6. The van der Waals surface area contributed by atoms with Crippen molar-refractivity contribution in [1.82, 2.24) is 5.32 Å². The number of amides is 1. The van der Waals surface area contributed by atoms with E-state index >= 15 is 0 Å². The molecule has 1 amide bonds. The highest BCUT2D eigenvalue weighted by Gasteiger charge is 2.21. The van der Waals surface area contributed by atoms with Crippen LogP contribution in [-0.2, 0) is 21.4 Å². The fraction of sp³-hybridized carbons (Fsp3) is 0.389. The van der Waals surface area contributed by atoms with Gasteiger partial charge in [0.2, 0.25) is 5.91 Å². The average molecular weight is 428 g/mol. The lowest BCUT2D eigenvalue weighted by Crippen LogP contribution is -2.30. The second kappa shape index (κ2) is 8.50. The summed E-state index contributed by atoms with van der Waals surface area (Å²) in [6, 6.07) is 8.55. The van der Waals surface area contributed by atoms with Crippen molar-refractivity contribution in [1.29, 1.82) is 0 Å². The van der Waals surface area contributed by atoms with Crippen molar-refractivity contribution >= 4 is 50.2 Å². The number of carbonyl (C=O) groups excluding carboxylic acids is 1. The molecule has 0 bridgehead atoms. The van der Waals surface area contributed by atoms with Gasteiger partial charge >= 0.3 is 0 Å². The van der Waals surface area contributed by atoms with Gasteiger partial charge in [-0.3, -0.25) is 9.52 Å². The third-order valence-electron chi connectivity index (χ3n) is 4.31. The van der Waals surface area contributed by atoms with Gasteiger partial charge in [0.25, 0.3) is 10.0 Å². The number of thiophene rings is 1. The average Bonchev–Trinajstić information content (AvgIpc) is 3.11. The maximum atomic E-state index is 12.8. The number of sulfonamides is 1. The maximum Gasteiger partial charge on any atom is 0.271 e. The Balaban J connectivity index is 1.83. The minimum absolute atomic E-state index is 0.156. The first-order valence-corrected chi connectivity index (χ1v) is 11.4. The van der Waals surface area contributed by atoms with Crippen molar-refractivity contribution in [2.45, 2.75) is 36.9 Å². The number of nitrogens with zero attached hydrogens (tertiary/aromatic N) is 1. The van der Waals surface area contributed by atoms with Gasteiger partial charge in [0.15, 0.2) is 0 Å².